The summed E-state index contributed by atoms with van der Waals surface area (Å²) in [6.07, 6.45) is 0.937. The molecule has 0 aliphatic heterocycles. The van der Waals surface area contributed by atoms with Gasteiger partial charge in [-0.05, 0) is 18.6 Å². The maximum atomic E-state index is 5.44. The number of para-hydroxylation sites is 1. The van der Waals surface area contributed by atoms with Crippen LogP contribution in [0.2, 0.25) is 0 Å². The van der Waals surface area contributed by atoms with Gasteiger partial charge < -0.3 is 19.5 Å². The van der Waals surface area contributed by atoms with Crippen molar-refractivity contribution in [1.82, 2.24) is 0 Å². The monoisotopic (exact) mass is 253 g/mol. The molecule has 0 radical (unpaired) electrons. The van der Waals surface area contributed by atoms with Crippen molar-refractivity contribution in [3.63, 3.8) is 0 Å². The lowest BCUT2D eigenvalue weighted by Gasteiger charge is -2.07. The molecule has 1 N–H and O–H groups in total. The molecular weight excluding hydrogens is 230 g/mol. The molecule has 0 atom stereocenters. The van der Waals surface area contributed by atoms with Crippen molar-refractivity contribution in [3.05, 3.63) is 30.3 Å². The van der Waals surface area contributed by atoms with E-state index in [4.69, 9.17) is 14.2 Å². The van der Waals surface area contributed by atoms with Crippen LogP contribution in [0.25, 0.3) is 0 Å². The van der Waals surface area contributed by atoms with Crippen LogP contribution in [0.5, 0.6) is 0 Å². The molecular formula is C14H23NO3. The number of benzene rings is 1. The molecule has 1 rings (SSSR count). The molecule has 1 aromatic rings. The summed E-state index contributed by atoms with van der Waals surface area (Å²) in [6, 6.07) is 10.1. The van der Waals surface area contributed by atoms with Gasteiger partial charge in [-0.25, -0.2) is 0 Å². The predicted octanol–water partition coefficient (Wildman–Crippen LogP) is 2.17. The average molecular weight is 253 g/mol. The Kier molecular flexibility index (Phi) is 9.16. The summed E-state index contributed by atoms with van der Waals surface area (Å²) in [7, 11) is 1.70. The summed E-state index contributed by atoms with van der Waals surface area (Å²) in [6.45, 7) is 4.28. The first-order valence-corrected chi connectivity index (χ1v) is 6.37. The van der Waals surface area contributed by atoms with Crippen LogP contribution in [-0.4, -0.2) is 46.7 Å². The molecule has 0 aliphatic rings. The number of hydrogen-bond donors (Lipinski definition) is 1. The van der Waals surface area contributed by atoms with Crippen LogP contribution in [0.15, 0.2) is 30.3 Å². The van der Waals surface area contributed by atoms with E-state index in [0.717, 1.165) is 31.9 Å². The molecule has 0 aromatic heterocycles. The van der Waals surface area contributed by atoms with E-state index in [2.05, 4.69) is 5.32 Å². The molecule has 0 heterocycles. The molecule has 0 aliphatic carbocycles. The first-order chi connectivity index (χ1) is 8.93. The highest BCUT2D eigenvalue weighted by molar-refractivity contribution is 5.42. The zero-order chi connectivity index (χ0) is 12.9. The number of rotatable bonds is 11. The van der Waals surface area contributed by atoms with E-state index in [-0.39, 0.29) is 0 Å². The second kappa shape index (κ2) is 11.0. The zero-order valence-electron chi connectivity index (χ0n) is 11.1. The third-order valence-electron chi connectivity index (χ3n) is 2.36. The number of nitrogens with one attached hydrogen (secondary N) is 1. The number of hydrogen-bond acceptors (Lipinski definition) is 4. The van der Waals surface area contributed by atoms with Gasteiger partial charge in [-0.3, -0.25) is 0 Å². The Bertz CT molecular complexity index is 280. The largest absolute Gasteiger partial charge is 0.385 e. The topological polar surface area (TPSA) is 39.7 Å². The van der Waals surface area contributed by atoms with Gasteiger partial charge in [0.25, 0.3) is 0 Å². The van der Waals surface area contributed by atoms with E-state index < -0.39 is 0 Å². The summed E-state index contributed by atoms with van der Waals surface area (Å²) < 4.78 is 15.7. The van der Waals surface area contributed by atoms with E-state index in [0.29, 0.717) is 19.8 Å². The molecule has 1 aromatic carbocycles. The zero-order valence-corrected chi connectivity index (χ0v) is 11.1. The van der Waals surface area contributed by atoms with Crippen LogP contribution < -0.4 is 5.32 Å². The van der Waals surface area contributed by atoms with Gasteiger partial charge in [0.2, 0.25) is 0 Å². The fourth-order valence-corrected chi connectivity index (χ4v) is 1.45. The Hall–Kier alpha value is -1.10. The highest BCUT2D eigenvalue weighted by Crippen LogP contribution is 2.03. The molecule has 0 bridgehead atoms. The Balaban J connectivity index is 1.82. The predicted molar refractivity (Wildman–Crippen MR) is 73.1 cm³/mol. The minimum absolute atomic E-state index is 0.642. The lowest BCUT2D eigenvalue weighted by molar-refractivity contribution is 0.0431. The molecule has 0 unspecified atom stereocenters. The molecule has 0 fully saturated rings. The van der Waals surface area contributed by atoms with E-state index in [1.807, 2.05) is 30.3 Å². The van der Waals surface area contributed by atoms with Crippen molar-refractivity contribution >= 4 is 5.69 Å². The fourth-order valence-electron chi connectivity index (χ4n) is 1.45. The second-order valence-electron chi connectivity index (χ2n) is 3.86. The van der Waals surface area contributed by atoms with Crippen LogP contribution in [0.4, 0.5) is 5.69 Å². The van der Waals surface area contributed by atoms with Gasteiger partial charge in [-0.1, -0.05) is 18.2 Å². The normalized spacial score (nSPS) is 10.5. The summed E-state index contributed by atoms with van der Waals surface area (Å²) in [5.74, 6) is 0. The van der Waals surface area contributed by atoms with Crippen molar-refractivity contribution in [2.75, 3.05) is 52.0 Å². The first kappa shape index (κ1) is 15.0. The van der Waals surface area contributed by atoms with Crippen LogP contribution in [0.3, 0.4) is 0 Å². The Labute approximate surface area is 109 Å². The fraction of sp³-hybridized carbons (Fsp3) is 0.571. The molecule has 4 nitrogen and oxygen atoms in total. The summed E-state index contributed by atoms with van der Waals surface area (Å²) >= 11 is 0. The van der Waals surface area contributed by atoms with E-state index >= 15 is 0 Å². The van der Waals surface area contributed by atoms with Crippen LogP contribution in [0.1, 0.15) is 6.42 Å². The van der Waals surface area contributed by atoms with Crippen molar-refractivity contribution in [1.29, 1.82) is 0 Å². The summed E-state index contributed by atoms with van der Waals surface area (Å²) in [4.78, 5) is 0. The smallest absolute Gasteiger partial charge is 0.0701 e. The average Bonchev–Trinajstić information content (AvgIpc) is 2.42. The first-order valence-electron chi connectivity index (χ1n) is 6.37. The molecule has 0 amide bonds. The minimum Gasteiger partial charge on any atom is -0.385 e. The summed E-state index contributed by atoms with van der Waals surface area (Å²) in [5, 5.41) is 3.28. The maximum absolute atomic E-state index is 5.44. The van der Waals surface area contributed by atoms with Crippen molar-refractivity contribution < 1.29 is 14.2 Å². The molecule has 0 saturated carbocycles. The Morgan fingerprint density at radius 2 is 1.61 bits per heavy atom. The van der Waals surface area contributed by atoms with Crippen LogP contribution in [-0.2, 0) is 14.2 Å². The summed E-state index contributed by atoms with van der Waals surface area (Å²) in [5.41, 5.74) is 1.12. The van der Waals surface area contributed by atoms with E-state index in [9.17, 15) is 0 Å². The van der Waals surface area contributed by atoms with Gasteiger partial charge in [0.15, 0.2) is 0 Å². The van der Waals surface area contributed by atoms with E-state index in [1.54, 1.807) is 7.11 Å². The molecule has 0 saturated heterocycles. The van der Waals surface area contributed by atoms with Crippen molar-refractivity contribution in [2.24, 2.45) is 0 Å². The third kappa shape index (κ3) is 8.06. The second-order valence-corrected chi connectivity index (χ2v) is 3.86. The minimum atomic E-state index is 0.642. The number of anilines is 1. The Morgan fingerprint density at radius 1 is 0.889 bits per heavy atom. The Morgan fingerprint density at radius 3 is 2.33 bits per heavy atom. The standard InChI is InChI=1S/C14H23NO3/c1-16-9-5-10-17-12-13-18-11-8-15-14-6-3-2-4-7-14/h2-4,6-7,15H,5,8-13H2,1H3. The molecule has 18 heavy (non-hydrogen) atoms. The number of methoxy groups -OCH3 is 1. The van der Waals surface area contributed by atoms with Gasteiger partial charge in [0.05, 0.1) is 19.8 Å². The quantitative estimate of drug-likeness (QED) is 0.614. The van der Waals surface area contributed by atoms with Crippen molar-refractivity contribution in [2.45, 2.75) is 6.42 Å². The highest BCUT2D eigenvalue weighted by atomic mass is 16.5. The van der Waals surface area contributed by atoms with Gasteiger partial charge in [-0.2, -0.15) is 0 Å². The van der Waals surface area contributed by atoms with E-state index in [1.165, 1.54) is 0 Å². The highest BCUT2D eigenvalue weighted by Gasteiger charge is 1.92. The molecule has 0 spiro atoms. The van der Waals surface area contributed by atoms with Gasteiger partial charge in [-0.15, -0.1) is 0 Å². The van der Waals surface area contributed by atoms with Gasteiger partial charge >= 0.3 is 0 Å². The van der Waals surface area contributed by atoms with Crippen molar-refractivity contribution in [3.8, 4) is 0 Å². The van der Waals surface area contributed by atoms with Gasteiger partial charge in [0, 0.05) is 32.6 Å². The van der Waals surface area contributed by atoms with Gasteiger partial charge in [0.1, 0.15) is 0 Å². The lowest BCUT2D eigenvalue weighted by atomic mass is 10.3. The maximum Gasteiger partial charge on any atom is 0.0701 e. The molecule has 4 heteroatoms. The lowest BCUT2D eigenvalue weighted by Crippen LogP contribution is -2.13. The molecule has 102 valence electrons. The third-order valence-corrected chi connectivity index (χ3v) is 2.36. The SMILES string of the molecule is COCCCOCCOCCNc1ccccc1. The van der Waals surface area contributed by atoms with Crippen LogP contribution in [0, 0.1) is 0 Å². The number of ether oxygens (including phenoxy) is 3. The van der Waals surface area contributed by atoms with Crippen LogP contribution >= 0.6 is 0 Å².